The van der Waals surface area contributed by atoms with E-state index in [0.717, 1.165) is 10.0 Å². The number of furan rings is 1. The fourth-order valence-electron chi connectivity index (χ4n) is 3.17. The molecule has 1 amide bonds. The van der Waals surface area contributed by atoms with Crippen molar-refractivity contribution in [3.05, 3.63) is 82.7 Å². The van der Waals surface area contributed by atoms with Crippen molar-refractivity contribution in [2.45, 2.75) is 0 Å². The van der Waals surface area contributed by atoms with Crippen LogP contribution in [0.25, 0.3) is 28.4 Å². The molecule has 11 nitrogen and oxygen atoms in total. The second-order valence-electron chi connectivity index (χ2n) is 6.95. The van der Waals surface area contributed by atoms with Gasteiger partial charge in [0.05, 0.1) is 6.21 Å². The van der Waals surface area contributed by atoms with Gasteiger partial charge in [-0.2, -0.15) is 9.78 Å². The van der Waals surface area contributed by atoms with E-state index in [-0.39, 0.29) is 17.3 Å². The maximum absolute atomic E-state index is 12.9. The second kappa shape index (κ2) is 9.11. The smallest absolute Gasteiger partial charge is 0.294 e. The molecular formula is C22H15BrN8O3. The Morgan fingerprint density at radius 3 is 2.56 bits per heavy atom. The lowest BCUT2D eigenvalue weighted by atomic mass is 10.1. The van der Waals surface area contributed by atoms with Gasteiger partial charge in [-0.25, -0.2) is 10.1 Å². The molecule has 0 saturated carbocycles. The maximum atomic E-state index is 12.9. The Morgan fingerprint density at radius 2 is 1.82 bits per heavy atom. The molecule has 5 rings (SSSR count). The molecule has 3 aromatic heterocycles. The molecule has 2 aromatic carbocycles. The standard InChI is InChI=1S/C22H15BrN8O3/c23-15-8-6-13(7-9-15)17-11-10-16(33-17)12-25-27-22(32)18-19(14-4-2-1-3-5-14)31(30-26-18)21-20(24)28-34-29-21/h1-12H,(H2,24,28)(H,27,32)/b25-12+. The largest absolute Gasteiger partial charge is 0.455 e. The molecule has 0 unspecified atom stereocenters. The summed E-state index contributed by atoms with van der Waals surface area (Å²) >= 11 is 3.41. The summed E-state index contributed by atoms with van der Waals surface area (Å²) in [5.41, 5.74) is 10.2. The Hall–Kier alpha value is -4.58. The SMILES string of the molecule is Nc1nonc1-n1nnc(C(=O)N/N=C/c2ccc(-c3ccc(Br)cc3)o2)c1-c1ccccc1. The Balaban J connectivity index is 1.38. The lowest BCUT2D eigenvalue weighted by Crippen LogP contribution is -2.19. The van der Waals surface area contributed by atoms with Crippen LogP contribution in [-0.4, -0.2) is 37.4 Å². The van der Waals surface area contributed by atoms with Gasteiger partial charge in [0.2, 0.25) is 11.6 Å². The number of aromatic nitrogens is 5. The number of amides is 1. The number of carbonyl (C=O) groups excluding carboxylic acids is 1. The molecule has 0 radical (unpaired) electrons. The number of nitrogen functional groups attached to an aromatic ring is 1. The number of nitrogens with zero attached hydrogens (tertiary/aromatic N) is 6. The summed E-state index contributed by atoms with van der Waals surface area (Å²) in [6.45, 7) is 0. The molecular weight excluding hydrogens is 504 g/mol. The number of benzene rings is 2. The topological polar surface area (TPSA) is 150 Å². The highest BCUT2D eigenvalue weighted by Crippen LogP contribution is 2.26. The van der Waals surface area contributed by atoms with Crippen molar-refractivity contribution in [3.63, 3.8) is 0 Å². The van der Waals surface area contributed by atoms with Crippen molar-refractivity contribution in [3.8, 4) is 28.4 Å². The normalized spacial score (nSPS) is 11.2. The van der Waals surface area contributed by atoms with Gasteiger partial charge < -0.3 is 10.2 Å². The zero-order chi connectivity index (χ0) is 23.5. The van der Waals surface area contributed by atoms with E-state index >= 15 is 0 Å². The lowest BCUT2D eigenvalue weighted by Gasteiger charge is -2.05. The summed E-state index contributed by atoms with van der Waals surface area (Å²) in [4.78, 5) is 12.9. The maximum Gasteiger partial charge on any atom is 0.294 e. The van der Waals surface area contributed by atoms with E-state index < -0.39 is 5.91 Å². The summed E-state index contributed by atoms with van der Waals surface area (Å²) in [6, 6.07) is 20.3. The minimum Gasteiger partial charge on any atom is -0.455 e. The lowest BCUT2D eigenvalue weighted by molar-refractivity contribution is 0.0950. The van der Waals surface area contributed by atoms with Crippen LogP contribution in [0.15, 0.2) is 85.4 Å². The summed E-state index contributed by atoms with van der Waals surface area (Å²) in [5, 5.41) is 19.3. The van der Waals surface area contributed by atoms with Gasteiger partial charge in [0.25, 0.3) is 5.91 Å². The molecule has 0 saturated heterocycles. The Bertz CT molecular complexity index is 1470. The van der Waals surface area contributed by atoms with Crippen LogP contribution < -0.4 is 11.2 Å². The van der Waals surface area contributed by atoms with Crippen LogP contribution in [0.1, 0.15) is 16.2 Å². The highest BCUT2D eigenvalue weighted by molar-refractivity contribution is 9.10. The van der Waals surface area contributed by atoms with Crippen LogP contribution in [-0.2, 0) is 0 Å². The molecule has 0 fully saturated rings. The summed E-state index contributed by atoms with van der Waals surface area (Å²) in [5.74, 6) is 0.674. The van der Waals surface area contributed by atoms with E-state index in [1.807, 2.05) is 48.5 Å². The summed E-state index contributed by atoms with van der Waals surface area (Å²) in [6.07, 6.45) is 1.40. The molecule has 0 bridgehead atoms. The molecule has 12 heteroatoms. The van der Waals surface area contributed by atoms with E-state index in [2.05, 4.69) is 51.7 Å². The number of carbonyl (C=O) groups is 1. The van der Waals surface area contributed by atoms with Crippen LogP contribution >= 0.6 is 15.9 Å². The molecule has 0 aliphatic rings. The van der Waals surface area contributed by atoms with Gasteiger partial charge in [0, 0.05) is 15.6 Å². The molecule has 0 atom stereocenters. The fourth-order valence-corrected chi connectivity index (χ4v) is 3.44. The van der Waals surface area contributed by atoms with Crippen molar-refractivity contribution < 1.29 is 13.8 Å². The average Bonchev–Trinajstić information content (AvgIpc) is 3.59. The van der Waals surface area contributed by atoms with Crippen LogP contribution in [0.2, 0.25) is 0 Å². The molecule has 5 aromatic rings. The van der Waals surface area contributed by atoms with Gasteiger partial charge in [-0.1, -0.05) is 63.6 Å². The monoisotopic (exact) mass is 518 g/mol. The number of nitrogens with two attached hydrogens (primary N) is 1. The third-order valence-corrected chi connectivity index (χ3v) is 5.27. The van der Waals surface area contributed by atoms with E-state index in [1.165, 1.54) is 10.9 Å². The minimum atomic E-state index is -0.587. The summed E-state index contributed by atoms with van der Waals surface area (Å²) < 4.78 is 12.7. The Morgan fingerprint density at radius 1 is 1.03 bits per heavy atom. The van der Waals surface area contributed by atoms with Crippen molar-refractivity contribution >= 4 is 33.9 Å². The number of hydrazone groups is 1. The van der Waals surface area contributed by atoms with Crippen molar-refractivity contribution in [1.82, 2.24) is 30.7 Å². The molecule has 0 spiro atoms. The Kier molecular flexibility index (Phi) is 5.70. The van der Waals surface area contributed by atoms with Gasteiger partial charge in [0.15, 0.2) is 5.69 Å². The van der Waals surface area contributed by atoms with Gasteiger partial charge in [-0.15, -0.1) is 5.10 Å². The second-order valence-corrected chi connectivity index (χ2v) is 7.86. The predicted molar refractivity (Wildman–Crippen MR) is 126 cm³/mol. The first-order valence-corrected chi connectivity index (χ1v) is 10.7. The number of anilines is 1. The number of rotatable bonds is 6. The first kappa shape index (κ1) is 21.3. The zero-order valence-corrected chi connectivity index (χ0v) is 18.9. The highest BCUT2D eigenvalue weighted by atomic mass is 79.9. The molecule has 168 valence electrons. The van der Waals surface area contributed by atoms with E-state index in [0.29, 0.717) is 22.8 Å². The fraction of sp³-hybridized carbons (Fsp3) is 0. The third-order valence-electron chi connectivity index (χ3n) is 4.74. The first-order valence-electron chi connectivity index (χ1n) is 9.89. The quantitative estimate of drug-likeness (QED) is 0.255. The Labute approximate surface area is 200 Å². The molecule has 3 N–H and O–H groups in total. The highest BCUT2D eigenvalue weighted by Gasteiger charge is 2.25. The first-order chi connectivity index (χ1) is 16.6. The van der Waals surface area contributed by atoms with Gasteiger partial charge >= 0.3 is 0 Å². The third kappa shape index (κ3) is 4.21. The predicted octanol–water partition coefficient (Wildman–Crippen LogP) is 3.69. The number of hydrogen-bond acceptors (Lipinski definition) is 9. The van der Waals surface area contributed by atoms with E-state index in [4.69, 9.17) is 10.2 Å². The molecule has 3 heterocycles. The van der Waals surface area contributed by atoms with E-state index in [1.54, 1.807) is 18.2 Å². The van der Waals surface area contributed by atoms with Crippen LogP contribution in [0.3, 0.4) is 0 Å². The van der Waals surface area contributed by atoms with Crippen LogP contribution in [0.5, 0.6) is 0 Å². The van der Waals surface area contributed by atoms with Crippen LogP contribution in [0.4, 0.5) is 5.82 Å². The van der Waals surface area contributed by atoms with Gasteiger partial charge in [-0.05, 0) is 34.6 Å². The zero-order valence-electron chi connectivity index (χ0n) is 17.3. The molecule has 34 heavy (non-hydrogen) atoms. The summed E-state index contributed by atoms with van der Waals surface area (Å²) in [7, 11) is 0. The van der Waals surface area contributed by atoms with E-state index in [9.17, 15) is 4.79 Å². The number of halogens is 1. The van der Waals surface area contributed by atoms with Gasteiger partial charge in [-0.3, -0.25) is 4.79 Å². The molecule has 0 aliphatic carbocycles. The van der Waals surface area contributed by atoms with Crippen molar-refractivity contribution in [2.24, 2.45) is 5.10 Å². The number of hydrogen-bond donors (Lipinski definition) is 2. The minimum absolute atomic E-state index is 0.00598. The van der Waals surface area contributed by atoms with Crippen molar-refractivity contribution in [1.29, 1.82) is 0 Å². The van der Waals surface area contributed by atoms with Crippen molar-refractivity contribution in [2.75, 3.05) is 5.73 Å². The van der Waals surface area contributed by atoms with Crippen LogP contribution in [0, 0.1) is 0 Å². The number of nitrogens with one attached hydrogen (secondary N) is 1. The van der Waals surface area contributed by atoms with Gasteiger partial charge in [0.1, 0.15) is 17.2 Å². The molecule has 0 aliphatic heterocycles. The average molecular weight is 519 g/mol.